The van der Waals surface area contributed by atoms with E-state index in [4.69, 9.17) is 18.9 Å². The molecule has 20 heavy (non-hydrogen) atoms. The lowest BCUT2D eigenvalue weighted by Gasteiger charge is -2.14. The van der Waals surface area contributed by atoms with Gasteiger partial charge in [-0.2, -0.15) is 0 Å². The van der Waals surface area contributed by atoms with Gasteiger partial charge in [0.2, 0.25) is 5.75 Å². The molecule has 1 N–H and O–H groups in total. The van der Waals surface area contributed by atoms with Crippen LogP contribution < -0.4 is 19.5 Å². The molecule has 1 aromatic rings. The van der Waals surface area contributed by atoms with Crippen LogP contribution in [0.3, 0.4) is 0 Å². The van der Waals surface area contributed by atoms with Gasteiger partial charge in [0.1, 0.15) is 0 Å². The SMILES string of the molecule is CCOC(=O)NCCc1cc(OC)c(OC)c(OC)c1. The number of carbonyl (C=O) groups is 1. The Labute approximate surface area is 119 Å². The summed E-state index contributed by atoms with van der Waals surface area (Å²) in [6.07, 6.45) is 0.218. The van der Waals surface area contributed by atoms with E-state index in [1.54, 1.807) is 28.3 Å². The van der Waals surface area contributed by atoms with Crippen molar-refractivity contribution in [1.29, 1.82) is 0 Å². The van der Waals surface area contributed by atoms with E-state index in [-0.39, 0.29) is 0 Å². The van der Waals surface area contributed by atoms with Gasteiger partial charge in [-0.05, 0) is 31.0 Å². The van der Waals surface area contributed by atoms with Gasteiger partial charge in [-0.1, -0.05) is 0 Å². The van der Waals surface area contributed by atoms with Crippen LogP contribution in [0.5, 0.6) is 17.2 Å². The van der Waals surface area contributed by atoms with Crippen LogP contribution in [0.4, 0.5) is 4.79 Å². The lowest BCUT2D eigenvalue weighted by molar-refractivity contribution is 0.152. The molecule has 0 saturated carbocycles. The Balaban J connectivity index is 2.73. The van der Waals surface area contributed by atoms with E-state index in [1.165, 1.54) is 0 Å². The Bertz CT molecular complexity index is 422. The van der Waals surface area contributed by atoms with Crippen LogP contribution in [0.1, 0.15) is 12.5 Å². The van der Waals surface area contributed by atoms with Crippen LogP contribution in [-0.2, 0) is 11.2 Å². The third-order valence-corrected chi connectivity index (χ3v) is 2.68. The molecule has 0 fully saturated rings. The minimum Gasteiger partial charge on any atom is -0.493 e. The third kappa shape index (κ3) is 4.22. The highest BCUT2D eigenvalue weighted by atomic mass is 16.5. The molecule has 0 aliphatic heterocycles. The monoisotopic (exact) mass is 283 g/mol. The van der Waals surface area contributed by atoms with E-state index in [9.17, 15) is 4.79 Å². The standard InChI is InChI=1S/C14H21NO5/c1-5-20-14(16)15-7-6-10-8-11(17-2)13(19-4)12(9-10)18-3/h8-9H,5-7H2,1-4H3,(H,15,16). The predicted molar refractivity (Wildman–Crippen MR) is 74.8 cm³/mol. The highest BCUT2D eigenvalue weighted by Gasteiger charge is 2.13. The first-order chi connectivity index (χ1) is 9.65. The number of alkyl carbamates (subject to hydrolysis) is 1. The van der Waals surface area contributed by atoms with Gasteiger partial charge in [-0.3, -0.25) is 0 Å². The molecule has 112 valence electrons. The molecular formula is C14H21NO5. The topological polar surface area (TPSA) is 66.0 Å². The van der Waals surface area contributed by atoms with Crippen molar-refractivity contribution in [2.45, 2.75) is 13.3 Å². The first kappa shape index (κ1) is 15.9. The van der Waals surface area contributed by atoms with Gasteiger partial charge in [0, 0.05) is 6.54 Å². The van der Waals surface area contributed by atoms with E-state index in [2.05, 4.69) is 5.32 Å². The average molecular weight is 283 g/mol. The molecule has 1 rings (SSSR count). The summed E-state index contributed by atoms with van der Waals surface area (Å²) in [5.41, 5.74) is 0.969. The summed E-state index contributed by atoms with van der Waals surface area (Å²) in [6.45, 7) is 2.59. The summed E-state index contributed by atoms with van der Waals surface area (Å²) in [4.78, 5) is 11.2. The molecule has 0 aromatic heterocycles. The van der Waals surface area contributed by atoms with Crippen molar-refractivity contribution in [2.75, 3.05) is 34.5 Å². The Morgan fingerprint density at radius 2 is 1.70 bits per heavy atom. The fourth-order valence-corrected chi connectivity index (χ4v) is 1.77. The minimum atomic E-state index is -0.417. The summed E-state index contributed by atoms with van der Waals surface area (Å²) in [5.74, 6) is 1.74. The van der Waals surface area contributed by atoms with Crippen LogP contribution in [0.25, 0.3) is 0 Å². The number of methoxy groups -OCH3 is 3. The van der Waals surface area contributed by atoms with Crippen molar-refractivity contribution < 1.29 is 23.7 Å². The molecule has 1 aromatic carbocycles. The zero-order valence-electron chi connectivity index (χ0n) is 12.3. The fourth-order valence-electron chi connectivity index (χ4n) is 1.77. The van der Waals surface area contributed by atoms with Crippen LogP contribution in [0.2, 0.25) is 0 Å². The zero-order chi connectivity index (χ0) is 15.0. The predicted octanol–water partition coefficient (Wildman–Crippen LogP) is 2.00. The number of benzene rings is 1. The number of rotatable bonds is 7. The number of amides is 1. The van der Waals surface area contributed by atoms with Crippen LogP contribution in [0.15, 0.2) is 12.1 Å². The lowest BCUT2D eigenvalue weighted by atomic mass is 10.1. The normalized spacial score (nSPS) is 9.80. The van der Waals surface area contributed by atoms with Crippen molar-refractivity contribution in [3.05, 3.63) is 17.7 Å². The highest BCUT2D eigenvalue weighted by molar-refractivity contribution is 5.67. The molecule has 0 atom stereocenters. The van der Waals surface area contributed by atoms with E-state index in [0.29, 0.717) is 36.8 Å². The lowest BCUT2D eigenvalue weighted by Crippen LogP contribution is -2.26. The van der Waals surface area contributed by atoms with Gasteiger partial charge in [-0.25, -0.2) is 4.79 Å². The molecule has 6 nitrogen and oxygen atoms in total. The summed E-state index contributed by atoms with van der Waals surface area (Å²) in [7, 11) is 4.69. The quantitative estimate of drug-likeness (QED) is 0.829. The molecule has 0 heterocycles. The van der Waals surface area contributed by atoms with Gasteiger partial charge in [-0.15, -0.1) is 0 Å². The molecule has 0 aliphatic rings. The molecule has 0 unspecified atom stereocenters. The smallest absolute Gasteiger partial charge is 0.407 e. The maximum atomic E-state index is 11.2. The van der Waals surface area contributed by atoms with Gasteiger partial charge >= 0.3 is 6.09 Å². The Hall–Kier alpha value is -2.11. The number of nitrogens with one attached hydrogen (secondary N) is 1. The molecule has 0 aliphatic carbocycles. The van der Waals surface area contributed by atoms with E-state index in [1.807, 2.05) is 12.1 Å². The van der Waals surface area contributed by atoms with E-state index in [0.717, 1.165) is 5.56 Å². The first-order valence-electron chi connectivity index (χ1n) is 6.35. The van der Waals surface area contributed by atoms with E-state index < -0.39 is 6.09 Å². The number of carbonyl (C=O) groups excluding carboxylic acids is 1. The zero-order valence-corrected chi connectivity index (χ0v) is 12.3. The molecule has 0 bridgehead atoms. The van der Waals surface area contributed by atoms with Crippen molar-refractivity contribution in [1.82, 2.24) is 5.32 Å². The summed E-state index contributed by atoms with van der Waals surface area (Å²) in [6, 6.07) is 3.71. The summed E-state index contributed by atoms with van der Waals surface area (Å²) in [5, 5.41) is 2.66. The van der Waals surface area contributed by atoms with Gasteiger partial charge in [0.05, 0.1) is 27.9 Å². The third-order valence-electron chi connectivity index (χ3n) is 2.68. The summed E-state index contributed by atoms with van der Waals surface area (Å²) < 4.78 is 20.6. The van der Waals surface area contributed by atoms with E-state index >= 15 is 0 Å². The average Bonchev–Trinajstić information content (AvgIpc) is 2.46. The fraction of sp³-hybridized carbons (Fsp3) is 0.500. The Morgan fingerprint density at radius 3 is 2.15 bits per heavy atom. The number of hydrogen-bond acceptors (Lipinski definition) is 5. The molecule has 6 heteroatoms. The minimum absolute atomic E-state index is 0.357. The maximum Gasteiger partial charge on any atom is 0.407 e. The highest BCUT2D eigenvalue weighted by Crippen LogP contribution is 2.38. The Kier molecular flexibility index (Phi) is 6.49. The maximum absolute atomic E-state index is 11.2. The molecule has 0 spiro atoms. The summed E-state index contributed by atoms with van der Waals surface area (Å²) >= 11 is 0. The van der Waals surface area contributed by atoms with Gasteiger partial charge in [0.25, 0.3) is 0 Å². The van der Waals surface area contributed by atoms with Crippen molar-refractivity contribution in [3.63, 3.8) is 0 Å². The second-order valence-corrected chi connectivity index (χ2v) is 3.93. The molecule has 1 amide bonds. The number of hydrogen-bond donors (Lipinski definition) is 1. The van der Waals surface area contributed by atoms with Gasteiger partial charge in [0.15, 0.2) is 11.5 Å². The van der Waals surface area contributed by atoms with Crippen molar-refractivity contribution >= 4 is 6.09 Å². The molecule has 0 radical (unpaired) electrons. The second kappa shape index (κ2) is 8.14. The Morgan fingerprint density at radius 1 is 1.10 bits per heavy atom. The van der Waals surface area contributed by atoms with Gasteiger partial charge < -0.3 is 24.3 Å². The largest absolute Gasteiger partial charge is 0.493 e. The first-order valence-corrected chi connectivity index (χ1v) is 6.35. The van der Waals surface area contributed by atoms with Crippen LogP contribution >= 0.6 is 0 Å². The molecular weight excluding hydrogens is 262 g/mol. The van der Waals surface area contributed by atoms with Crippen LogP contribution in [0, 0.1) is 0 Å². The molecule has 0 saturated heterocycles. The van der Waals surface area contributed by atoms with Crippen molar-refractivity contribution in [2.24, 2.45) is 0 Å². The van der Waals surface area contributed by atoms with Crippen LogP contribution in [-0.4, -0.2) is 40.6 Å². The number of ether oxygens (including phenoxy) is 4. The van der Waals surface area contributed by atoms with Crippen molar-refractivity contribution in [3.8, 4) is 17.2 Å². The second-order valence-electron chi connectivity index (χ2n) is 3.93.